The number of hydrogen-bond donors (Lipinski definition) is 0. The van der Waals surface area contributed by atoms with Crippen molar-refractivity contribution in [2.45, 2.75) is 20.8 Å². The van der Waals surface area contributed by atoms with E-state index in [0.29, 0.717) is 18.4 Å². The highest BCUT2D eigenvalue weighted by molar-refractivity contribution is 5.97. The maximum atomic E-state index is 5.07. The van der Waals surface area contributed by atoms with E-state index in [9.17, 15) is 0 Å². The summed E-state index contributed by atoms with van der Waals surface area (Å²) in [4.78, 5) is 0. The van der Waals surface area contributed by atoms with Gasteiger partial charge in [-0.25, -0.2) is 0 Å². The van der Waals surface area contributed by atoms with E-state index in [1.807, 2.05) is 0 Å². The molecule has 1 aliphatic rings. The van der Waals surface area contributed by atoms with Crippen molar-refractivity contribution >= 4 is 8.05 Å². The summed E-state index contributed by atoms with van der Waals surface area (Å²) in [6.45, 7) is 11.1. The Morgan fingerprint density at radius 3 is 2.42 bits per heavy atom. The van der Waals surface area contributed by atoms with Crippen LogP contribution in [-0.4, -0.2) is 14.7 Å². The lowest BCUT2D eigenvalue weighted by molar-refractivity contribution is 0.267. The quantitative estimate of drug-likeness (QED) is 0.565. The van der Waals surface area contributed by atoms with Crippen LogP contribution in [-0.2, 0) is 4.65 Å². The fraction of sp³-hybridized carbons (Fsp3) is 0.600. The van der Waals surface area contributed by atoms with E-state index in [4.69, 9.17) is 8.05 Å². The summed E-state index contributed by atoms with van der Waals surface area (Å²) in [5, 5.41) is 0. The van der Waals surface area contributed by atoms with Crippen LogP contribution >= 0.6 is 0 Å². The van der Waals surface area contributed by atoms with Crippen LogP contribution in [0.25, 0.3) is 0 Å². The van der Waals surface area contributed by atoms with Gasteiger partial charge in [-0.15, -0.1) is 0 Å². The molecule has 1 rings (SSSR count). The molecule has 2 unspecified atom stereocenters. The van der Waals surface area contributed by atoms with Crippen molar-refractivity contribution in [3.05, 3.63) is 23.3 Å². The first-order chi connectivity index (χ1) is 5.59. The maximum absolute atomic E-state index is 5.07. The maximum Gasteiger partial charge on any atom is 0.282 e. The Balaban J connectivity index is 2.84. The third kappa shape index (κ3) is 1.36. The van der Waals surface area contributed by atoms with Crippen molar-refractivity contribution in [2.24, 2.45) is 11.8 Å². The molecule has 0 aromatic rings. The molecule has 0 spiro atoms. The number of rotatable bonds is 2. The van der Waals surface area contributed by atoms with Gasteiger partial charge in [-0.2, -0.15) is 0 Å². The molecule has 2 radical (unpaired) electrons. The summed E-state index contributed by atoms with van der Waals surface area (Å²) in [5.74, 6) is 0.913. The van der Waals surface area contributed by atoms with E-state index in [1.54, 1.807) is 0 Å². The molecule has 2 atom stereocenters. The van der Waals surface area contributed by atoms with Crippen molar-refractivity contribution in [2.75, 3.05) is 6.61 Å². The molecule has 0 aromatic carbocycles. The van der Waals surface area contributed by atoms with E-state index >= 15 is 0 Å². The highest BCUT2D eigenvalue weighted by Gasteiger charge is 2.29. The molecule has 0 amide bonds. The summed E-state index contributed by atoms with van der Waals surface area (Å²) < 4.78 is 4.69. The van der Waals surface area contributed by atoms with Gasteiger partial charge in [0.25, 0.3) is 8.05 Å². The van der Waals surface area contributed by atoms with Gasteiger partial charge in [-0.05, 0) is 30.9 Å². The average Bonchev–Trinajstić information content (AvgIpc) is 2.23. The predicted molar refractivity (Wildman–Crippen MR) is 51.9 cm³/mol. The first-order valence-corrected chi connectivity index (χ1v) is 4.27. The van der Waals surface area contributed by atoms with Crippen LogP contribution in [0.3, 0.4) is 0 Å². The van der Waals surface area contributed by atoms with Gasteiger partial charge in [0, 0.05) is 12.5 Å². The van der Waals surface area contributed by atoms with Gasteiger partial charge >= 0.3 is 0 Å². The molecule has 0 N–H and O–H groups in total. The molecule has 2 heteroatoms. The molecule has 64 valence electrons. The normalized spacial score (nSPS) is 30.1. The van der Waals surface area contributed by atoms with Gasteiger partial charge in [0.05, 0.1) is 0 Å². The third-order valence-corrected chi connectivity index (χ3v) is 3.06. The van der Waals surface area contributed by atoms with Gasteiger partial charge in [-0.1, -0.05) is 19.1 Å². The fourth-order valence-corrected chi connectivity index (χ4v) is 1.86. The van der Waals surface area contributed by atoms with Crippen LogP contribution in [0.1, 0.15) is 20.8 Å². The molecule has 0 heterocycles. The zero-order valence-electron chi connectivity index (χ0n) is 8.05. The molecular weight excluding hydrogens is 147 g/mol. The molecule has 0 fully saturated rings. The predicted octanol–water partition coefficient (Wildman–Crippen LogP) is 2.25. The third-order valence-electron chi connectivity index (χ3n) is 3.06. The molecule has 1 aliphatic carbocycles. The zero-order valence-corrected chi connectivity index (χ0v) is 8.05. The molecule has 1 nitrogen and oxygen atoms in total. The van der Waals surface area contributed by atoms with Crippen molar-refractivity contribution < 1.29 is 4.65 Å². The second-order valence-electron chi connectivity index (χ2n) is 3.56. The summed E-state index contributed by atoms with van der Waals surface area (Å²) in [6.07, 6.45) is 0. The Morgan fingerprint density at radius 1 is 1.50 bits per heavy atom. The lowest BCUT2D eigenvalue weighted by Crippen LogP contribution is -2.14. The minimum atomic E-state index is 0.433. The Hall–Kier alpha value is -0.495. The van der Waals surface area contributed by atoms with Crippen molar-refractivity contribution in [1.29, 1.82) is 0 Å². The van der Waals surface area contributed by atoms with Crippen molar-refractivity contribution in [3.8, 4) is 0 Å². The fourth-order valence-electron chi connectivity index (χ4n) is 1.86. The summed E-state index contributed by atoms with van der Waals surface area (Å²) in [7, 11) is 5.07. The summed E-state index contributed by atoms with van der Waals surface area (Å²) in [5.41, 5.74) is 3.93. The molecule has 0 aliphatic heterocycles. The Morgan fingerprint density at radius 2 is 2.08 bits per heavy atom. The van der Waals surface area contributed by atoms with Crippen LogP contribution in [0, 0.1) is 11.8 Å². The lowest BCUT2D eigenvalue weighted by atomic mass is 9.92. The van der Waals surface area contributed by atoms with Gasteiger partial charge < -0.3 is 4.65 Å². The smallest absolute Gasteiger partial charge is 0.282 e. The van der Waals surface area contributed by atoms with Crippen LogP contribution in [0.5, 0.6) is 0 Å². The van der Waals surface area contributed by atoms with Gasteiger partial charge in [0.2, 0.25) is 0 Å². The monoisotopic (exact) mass is 162 g/mol. The highest BCUT2D eigenvalue weighted by atomic mass is 16.4. The van der Waals surface area contributed by atoms with Crippen molar-refractivity contribution in [1.82, 2.24) is 0 Å². The van der Waals surface area contributed by atoms with Gasteiger partial charge in [0.1, 0.15) is 0 Å². The number of hydrogen-bond acceptors (Lipinski definition) is 1. The first-order valence-electron chi connectivity index (χ1n) is 4.27. The topological polar surface area (TPSA) is 9.23 Å². The minimum Gasteiger partial charge on any atom is -0.447 e. The van der Waals surface area contributed by atoms with Gasteiger partial charge in [0.15, 0.2) is 0 Å². The number of allylic oxidation sites excluding steroid dienone is 2. The van der Waals surface area contributed by atoms with Crippen LogP contribution < -0.4 is 0 Å². The highest BCUT2D eigenvalue weighted by Crippen LogP contribution is 2.39. The first kappa shape index (κ1) is 9.59. The van der Waals surface area contributed by atoms with E-state index in [-0.39, 0.29) is 0 Å². The largest absolute Gasteiger partial charge is 0.447 e. The summed E-state index contributed by atoms with van der Waals surface area (Å²) >= 11 is 0. The standard InChI is InChI=1S/C10H15BO/c1-6-7(2)9(4)10(5-12-11)8(6)3/h8,10H,1,5H2,2-4H3. The molecule has 0 saturated carbocycles. The average molecular weight is 162 g/mol. The van der Waals surface area contributed by atoms with Crippen LogP contribution in [0.4, 0.5) is 0 Å². The zero-order chi connectivity index (χ0) is 9.30. The van der Waals surface area contributed by atoms with Gasteiger partial charge in [-0.3, -0.25) is 0 Å². The minimum absolute atomic E-state index is 0.433. The molecular formula is C10H15BO. The van der Waals surface area contributed by atoms with E-state index in [0.717, 1.165) is 0 Å². The second kappa shape index (κ2) is 3.48. The van der Waals surface area contributed by atoms with E-state index < -0.39 is 0 Å². The van der Waals surface area contributed by atoms with Crippen LogP contribution in [0.15, 0.2) is 23.3 Å². The molecule has 0 saturated heterocycles. The molecule has 12 heavy (non-hydrogen) atoms. The molecule has 0 bridgehead atoms. The van der Waals surface area contributed by atoms with E-state index in [2.05, 4.69) is 32.0 Å². The Kier molecular flexibility index (Phi) is 2.78. The Bertz CT molecular complexity index is 230. The Labute approximate surface area is 75.9 Å². The van der Waals surface area contributed by atoms with Crippen LogP contribution in [0.2, 0.25) is 0 Å². The second-order valence-corrected chi connectivity index (χ2v) is 3.56. The van der Waals surface area contributed by atoms with Crippen molar-refractivity contribution in [3.63, 3.8) is 0 Å². The summed E-state index contributed by atoms with van der Waals surface area (Å²) in [6, 6.07) is 0. The lowest BCUT2D eigenvalue weighted by Gasteiger charge is -2.17. The van der Waals surface area contributed by atoms with E-state index in [1.165, 1.54) is 16.7 Å². The SMILES string of the molecule is [B]OCC1C(C)=C(C)C(=C)C1C. The molecule has 0 aromatic heterocycles.